The van der Waals surface area contributed by atoms with Crippen molar-refractivity contribution in [3.8, 4) is 0 Å². The molecule has 0 aromatic heterocycles. The summed E-state index contributed by atoms with van der Waals surface area (Å²) in [6.45, 7) is -0.360. The van der Waals surface area contributed by atoms with Crippen LogP contribution in [0.3, 0.4) is 0 Å². The van der Waals surface area contributed by atoms with E-state index in [0.29, 0.717) is 0 Å². The van der Waals surface area contributed by atoms with E-state index in [1.165, 1.54) is 0 Å². The van der Waals surface area contributed by atoms with Gasteiger partial charge in [0.25, 0.3) is 0 Å². The van der Waals surface area contributed by atoms with Crippen LogP contribution in [0.25, 0.3) is 0 Å². The second-order valence-electron chi connectivity index (χ2n) is 5.62. The third kappa shape index (κ3) is 3.54. The fraction of sp³-hybridized carbons (Fsp3) is 0.833. The summed E-state index contributed by atoms with van der Waals surface area (Å²) in [4.78, 5) is 32.4. The van der Waals surface area contributed by atoms with Crippen LogP contribution in [0.2, 0.25) is 0 Å². The van der Waals surface area contributed by atoms with E-state index >= 15 is 0 Å². The lowest BCUT2D eigenvalue weighted by atomic mass is 9.77. The van der Waals surface area contributed by atoms with Crippen LogP contribution >= 0.6 is 0 Å². The maximum absolute atomic E-state index is 11.5. The number of aliphatic carboxylic acids is 2. The summed E-state index contributed by atoms with van der Waals surface area (Å²) in [7, 11) is 1.65. The smallest absolute Gasteiger partial charge is 0.311 e. The zero-order valence-corrected chi connectivity index (χ0v) is 12.3. The molecule has 1 rings (SSSR count). The number of nitrogens with zero attached hydrogens (tertiary/aromatic N) is 1. The monoisotopic (exact) mass is 322 g/mol. The van der Waals surface area contributed by atoms with E-state index in [1.54, 1.807) is 11.9 Å². The molecule has 0 aliphatic carbocycles. The van der Waals surface area contributed by atoms with Gasteiger partial charge in [0.1, 0.15) is 0 Å². The highest BCUT2D eigenvalue weighted by Crippen LogP contribution is 2.48. The molecule has 22 heavy (non-hydrogen) atoms. The molecule has 1 saturated heterocycles. The Balaban J connectivity index is 2.85. The highest BCUT2D eigenvalue weighted by molar-refractivity contribution is 5.81. The maximum Gasteiger partial charge on any atom is 0.311 e. The van der Waals surface area contributed by atoms with Crippen molar-refractivity contribution in [1.29, 1.82) is 0 Å². The number of carboxylic acids is 2. The van der Waals surface area contributed by atoms with Crippen molar-refractivity contribution < 1.29 is 40.1 Å². The lowest BCUT2D eigenvalue weighted by Gasteiger charge is -2.28. The first-order valence-electron chi connectivity index (χ1n) is 6.74. The molecule has 4 unspecified atom stereocenters. The van der Waals surface area contributed by atoms with Gasteiger partial charge in [0.15, 0.2) is 6.23 Å². The molecule has 1 heterocycles. The highest BCUT2D eigenvalue weighted by Gasteiger charge is 2.62. The van der Waals surface area contributed by atoms with Crippen LogP contribution < -0.4 is 5.73 Å². The van der Waals surface area contributed by atoms with Crippen LogP contribution in [0.4, 0.5) is 0 Å². The van der Waals surface area contributed by atoms with Crippen molar-refractivity contribution in [1.82, 2.24) is 4.90 Å². The molecule has 10 nitrogen and oxygen atoms in total. The first kappa shape index (κ1) is 18.7. The Hall–Kier alpha value is -1.30. The number of rotatable bonds is 11. The van der Waals surface area contributed by atoms with Crippen LogP contribution in [0, 0.1) is 5.41 Å². The Morgan fingerprint density at radius 1 is 1.32 bits per heavy atom. The molecular weight excluding hydrogens is 300 g/mol. The Kier molecular flexibility index (Phi) is 6.23. The van der Waals surface area contributed by atoms with Crippen molar-refractivity contribution in [3.05, 3.63) is 0 Å². The fourth-order valence-electron chi connectivity index (χ4n) is 2.88. The number of likely N-dealkylation sites (N-methyl/N-ethyl adjacent to an activating group) is 1. The average molecular weight is 322 g/mol. The number of nitrogens with two attached hydrogens (primary N) is 1. The summed E-state index contributed by atoms with van der Waals surface area (Å²) in [5.74, 6) is -2.53. The van der Waals surface area contributed by atoms with E-state index < -0.39 is 35.5 Å². The van der Waals surface area contributed by atoms with E-state index in [2.05, 4.69) is 9.78 Å². The minimum absolute atomic E-state index is 0.0131. The first-order valence-corrected chi connectivity index (χ1v) is 6.74. The number of hydrogen-bond acceptors (Lipinski definition) is 8. The third-order valence-electron chi connectivity index (χ3n) is 4.54. The molecule has 0 saturated carbocycles. The average Bonchev–Trinajstić information content (AvgIpc) is 3.04. The van der Waals surface area contributed by atoms with Crippen LogP contribution in [-0.4, -0.2) is 69.5 Å². The van der Waals surface area contributed by atoms with Gasteiger partial charge in [-0.1, -0.05) is 0 Å². The topological polar surface area (TPSA) is 163 Å². The molecule has 6 N–H and O–H groups in total. The van der Waals surface area contributed by atoms with Gasteiger partial charge in [-0.3, -0.25) is 25.0 Å². The van der Waals surface area contributed by atoms with Gasteiger partial charge >= 0.3 is 11.9 Å². The van der Waals surface area contributed by atoms with E-state index in [4.69, 9.17) is 21.4 Å². The number of carboxylic acid groups (broad SMARTS) is 2. The Bertz CT molecular complexity index is 420. The molecule has 0 amide bonds. The van der Waals surface area contributed by atoms with Crippen molar-refractivity contribution in [2.24, 2.45) is 11.1 Å². The molecule has 1 fully saturated rings. The minimum Gasteiger partial charge on any atom is -0.481 e. The van der Waals surface area contributed by atoms with Crippen molar-refractivity contribution in [3.63, 3.8) is 0 Å². The summed E-state index contributed by atoms with van der Waals surface area (Å²) < 4.78 is 0. The zero-order chi connectivity index (χ0) is 17.0. The second kappa shape index (κ2) is 7.31. The quantitative estimate of drug-likeness (QED) is 0.193. The molecule has 0 bridgehead atoms. The summed E-state index contributed by atoms with van der Waals surface area (Å²) in [5.41, 5.74) is 3.18. The fourth-order valence-corrected chi connectivity index (χ4v) is 2.88. The molecule has 0 aromatic rings. The first-order chi connectivity index (χ1) is 10.3. The van der Waals surface area contributed by atoms with Gasteiger partial charge in [-0.2, -0.15) is 0 Å². The van der Waals surface area contributed by atoms with E-state index in [1.807, 2.05) is 0 Å². The summed E-state index contributed by atoms with van der Waals surface area (Å²) in [5, 5.41) is 35.6. The molecule has 0 radical (unpaired) electrons. The van der Waals surface area contributed by atoms with E-state index in [0.717, 1.165) is 0 Å². The van der Waals surface area contributed by atoms with Crippen molar-refractivity contribution in [2.75, 3.05) is 20.2 Å². The molecule has 10 heteroatoms. The van der Waals surface area contributed by atoms with E-state index in [-0.39, 0.29) is 32.4 Å². The minimum atomic E-state index is -1.59. The van der Waals surface area contributed by atoms with Crippen LogP contribution in [-0.2, 0) is 19.4 Å². The normalized spacial score (nSPS) is 29.8. The van der Waals surface area contributed by atoms with Gasteiger partial charge in [-0.15, -0.1) is 0 Å². The Labute approximate surface area is 126 Å². The largest absolute Gasteiger partial charge is 0.481 e. The predicted octanol–water partition coefficient (Wildman–Crippen LogP) is -0.349. The summed E-state index contributed by atoms with van der Waals surface area (Å²) >= 11 is 0. The van der Waals surface area contributed by atoms with Crippen molar-refractivity contribution in [2.45, 2.75) is 37.5 Å². The SMILES string of the molecule is CN1C(OO)C1(CCOO)CCC(CN)(CC(=O)O)C(=O)O. The molecule has 1 aliphatic heterocycles. The van der Waals surface area contributed by atoms with Gasteiger partial charge < -0.3 is 15.9 Å². The highest BCUT2D eigenvalue weighted by atomic mass is 17.1. The van der Waals surface area contributed by atoms with Gasteiger partial charge in [-0.25, -0.2) is 9.78 Å². The van der Waals surface area contributed by atoms with Gasteiger partial charge in [0, 0.05) is 6.54 Å². The number of hydrogen-bond donors (Lipinski definition) is 5. The molecule has 1 aliphatic rings. The van der Waals surface area contributed by atoms with Crippen LogP contribution in [0.1, 0.15) is 25.7 Å². The van der Waals surface area contributed by atoms with Gasteiger partial charge in [0.2, 0.25) is 0 Å². The number of carbonyl (C=O) groups is 2. The second-order valence-corrected chi connectivity index (χ2v) is 5.62. The van der Waals surface area contributed by atoms with Crippen LogP contribution in [0.15, 0.2) is 0 Å². The molecule has 0 aromatic carbocycles. The van der Waals surface area contributed by atoms with Gasteiger partial charge in [-0.05, 0) is 26.3 Å². The lowest BCUT2D eigenvalue weighted by Crippen LogP contribution is -2.42. The zero-order valence-electron chi connectivity index (χ0n) is 12.3. The Morgan fingerprint density at radius 2 is 1.95 bits per heavy atom. The lowest BCUT2D eigenvalue weighted by molar-refractivity contribution is -0.268. The predicted molar refractivity (Wildman–Crippen MR) is 71.8 cm³/mol. The molecular formula is C12H22N2O8. The molecule has 128 valence electrons. The summed E-state index contributed by atoms with van der Waals surface area (Å²) in [6, 6.07) is 0. The van der Waals surface area contributed by atoms with Crippen LogP contribution in [0.5, 0.6) is 0 Å². The molecule has 4 atom stereocenters. The molecule has 0 spiro atoms. The van der Waals surface area contributed by atoms with Gasteiger partial charge in [0.05, 0.1) is 24.0 Å². The maximum atomic E-state index is 11.5. The Morgan fingerprint density at radius 3 is 2.32 bits per heavy atom. The summed E-state index contributed by atoms with van der Waals surface area (Å²) in [6.07, 6.45) is -0.787. The third-order valence-corrected chi connectivity index (χ3v) is 4.54. The van der Waals surface area contributed by atoms with E-state index in [9.17, 15) is 14.7 Å². The standard InChI is InChI=1S/C12H22N2O8/c1-14-9(22-20)12(14,4-5-21-19)3-2-11(7-13,10(17)18)6-8(15)16/h9,19-20H,2-7,13H2,1H3,(H,15,16)(H,17,18). The van der Waals surface area contributed by atoms with Crippen molar-refractivity contribution >= 4 is 11.9 Å².